The van der Waals surface area contributed by atoms with Crippen molar-refractivity contribution in [1.82, 2.24) is 25.0 Å². The van der Waals surface area contributed by atoms with Crippen LogP contribution in [0.4, 0.5) is 9.18 Å². The molecular weight excluding hydrogens is 469 g/mol. The van der Waals surface area contributed by atoms with Gasteiger partial charge in [0.15, 0.2) is 0 Å². The van der Waals surface area contributed by atoms with Gasteiger partial charge in [-0.15, -0.1) is 0 Å². The molecule has 3 atom stereocenters. The number of amides is 2. The molecule has 1 unspecified atom stereocenters. The minimum atomic E-state index is -0.252. The number of carbonyl (C=O) groups is 1. The molecule has 7 nitrogen and oxygen atoms in total. The maximum absolute atomic E-state index is 13.5. The second-order valence-electron chi connectivity index (χ2n) is 10.6. The summed E-state index contributed by atoms with van der Waals surface area (Å²) in [4.78, 5) is 19.3. The number of halogens is 1. The van der Waals surface area contributed by atoms with E-state index in [1.54, 1.807) is 18.3 Å². The molecule has 3 aromatic rings. The van der Waals surface area contributed by atoms with E-state index in [9.17, 15) is 9.18 Å². The van der Waals surface area contributed by atoms with Crippen LogP contribution in [0, 0.1) is 17.2 Å². The molecule has 2 amide bonds. The molecular formula is C29H32FN5O2. The SMILES string of the molecule is C[C@]12Cc3cnn(-c4ccc(F)cc4)c3C=C1CC[C@@H]2CC(NC(=O)N1CCOCC1)c1cccnc1. The predicted molar refractivity (Wildman–Crippen MR) is 139 cm³/mol. The monoisotopic (exact) mass is 501 g/mol. The number of allylic oxidation sites excluding steroid dienone is 1. The molecule has 0 spiro atoms. The van der Waals surface area contributed by atoms with E-state index in [2.05, 4.69) is 34.5 Å². The topological polar surface area (TPSA) is 72.3 Å². The molecule has 192 valence electrons. The Morgan fingerprint density at radius 2 is 2.03 bits per heavy atom. The minimum Gasteiger partial charge on any atom is -0.378 e. The average molecular weight is 502 g/mol. The van der Waals surface area contributed by atoms with Gasteiger partial charge in [-0.3, -0.25) is 4.98 Å². The number of urea groups is 1. The number of benzene rings is 1. The van der Waals surface area contributed by atoms with Gasteiger partial charge in [-0.25, -0.2) is 13.9 Å². The largest absolute Gasteiger partial charge is 0.378 e. The highest BCUT2D eigenvalue weighted by Crippen LogP contribution is 2.55. The number of hydrogen-bond donors (Lipinski definition) is 1. The summed E-state index contributed by atoms with van der Waals surface area (Å²) in [5, 5.41) is 7.97. The fraction of sp³-hybridized carbons (Fsp3) is 0.414. The Labute approximate surface area is 216 Å². The lowest BCUT2D eigenvalue weighted by Gasteiger charge is -2.38. The van der Waals surface area contributed by atoms with Crippen LogP contribution in [0.25, 0.3) is 11.8 Å². The zero-order valence-electron chi connectivity index (χ0n) is 21.1. The van der Waals surface area contributed by atoms with Crippen LogP contribution in [-0.2, 0) is 11.2 Å². The third-order valence-corrected chi connectivity index (χ3v) is 8.43. The van der Waals surface area contributed by atoms with Crippen LogP contribution in [0.15, 0.2) is 60.6 Å². The van der Waals surface area contributed by atoms with E-state index >= 15 is 0 Å². The lowest BCUT2D eigenvalue weighted by molar-refractivity contribution is 0.0520. The number of ether oxygens (including phenoxy) is 1. The second kappa shape index (κ2) is 9.74. The third kappa shape index (κ3) is 4.55. The Kier molecular flexibility index (Phi) is 6.28. The molecule has 1 saturated carbocycles. The van der Waals surface area contributed by atoms with Gasteiger partial charge >= 0.3 is 6.03 Å². The number of fused-ring (bicyclic) bond motifs is 2. The van der Waals surface area contributed by atoms with Crippen molar-refractivity contribution >= 4 is 12.1 Å². The Balaban J connectivity index is 1.25. The van der Waals surface area contributed by atoms with Gasteiger partial charge in [0.2, 0.25) is 0 Å². The molecule has 3 aliphatic rings. The summed E-state index contributed by atoms with van der Waals surface area (Å²) in [7, 11) is 0. The third-order valence-electron chi connectivity index (χ3n) is 8.43. The number of hydrogen-bond acceptors (Lipinski definition) is 4. The zero-order chi connectivity index (χ0) is 25.4. The van der Waals surface area contributed by atoms with E-state index in [0.29, 0.717) is 32.2 Å². The van der Waals surface area contributed by atoms with E-state index < -0.39 is 0 Å². The quantitative estimate of drug-likeness (QED) is 0.538. The molecule has 37 heavy (non-hydrogen) atoms. The van der Waals surface area contributed by atoms with Crippen LogP contribution in [-0.4, -0.2) is 52.0 Å². The molecule has 0 bridgehead atoms. The Morgan fingerprint density at radius 3 is 2.78 bits per heavy atom. The number of rotatable bonds is 5. The number of carbonyl (C=O) groups excluding carboxylic acids is 1. The van der Waals surface area contributed by atoms with Gasteiger partial charge in [-0.1, -0.05) is 18.6 Å². The average Bonchev–Trinajstić information content (AvgIpc) is 3.47. The number of pyridine rings is 1. The maximum Gasteiger partial charge on any atom is 0.318 e. The van der Waals surface area contributed by atoms with Crippen LogP contribution in [0.2, 0.25) is 0 Å². The van der Waals surface area contributed by atoms with Gasteiger partial charge in [0.1, 0.15) is 5.82 Å². The van der Waals surface area contributed by atoms with Crippen LogP contribution >= 0.6 is 0 Å². The normalized spacial score (nSPS) is 23.7. The fourth-order valence-electron chi connectivity index (χ4n) is 6.25. The van der Waals surface area contributed by atoms with Crippen molar-refractivity contribution in [2.45, 2.75) is 38.6 Å². The van der Waals surface area contributed by atoms with Crippen molar-refractivity contribution in [2.24, 2.45) is 11.3 Å². The maximum atomic E-state index is 13.5. The minimum absolute atomic E-state index is 0.00614. The molecule has 2 aliphatic carbocycles. The van der Waals surface area contributed by atoms with Crippen LogP contribution in [0.5, 0.6) is 0 Å². The lowest BCUT2D eigenvalue weighted by atomic mass is 9.68. The fourth-order valence-corrected chi connectivity index (χ4v) is 6.25. The highest BCUT2D eigenvalue weighted by molar-refractivity contribution is 5.75. The van der Waals surface area contributed by atoms with Crippen molar-refractivity contribution in [3.8, 4) is 5.69 Å². The Bertz CT molecular complexity index is 1300. The first-order valence-electron chi connectivity index (χ1n) is 13.1. The lowest BCUT2D eigenvalue weighted by Crippen LogP contribution is -2.47. The highest BCUT2D eigenvalue weighted by Gasteiger charge is 2.46. The Hall–Kier alpha value is -3.52. The smallest absolute Gasteiger partial charge is 0.318 e. The molecule has 2 aromatic heterocycles. The number of nitrogens with zero attached hydrogens (tertiary/aromatic N) is 4. The predicted octanol–water partition coefficient (Wildman–Crippen LogP) is 4.94. The van der Waals surface area contributed by atoms with Gasteiger partial charge in [0.05, 0.1) is 36.8 Å². The number of aromatic nitrogens is 3. The Morgan fingerprint density at radius 1 is 1.22 bits per heavy atom. The van der Waals surface area contributed by atoms with Crippen molar-refractivity contribution in [3.05, 3.63) is 83.2 Å². The van der Waals surface area contributed by atoms with Crippen molar-refractivity contribution < 1.29 is 13.9 Å². The van der Waals surface area contributed by atoms with Gasteiger partial charge < -0.3 is 15.0 Å². The van der Waals surface area contributed by atoms with Crippen LogP contribution in [0.1, 0.15) is 49.0 Å². The summed E-state index contributed by atoms with van der Waals surface area (Å²) in [5.41, 5.74) is 5.61. The van der Waals surface area contributed by atoms with E-state index in [-0.39, 0.29) is 23.3 Å². The summed E-state index contributed by atoms with van der Waals surface area (Å²) in [6.45, 7) is 4.74. The molecule has 1 aromatic carbocycles. The van der Waals surface area contributed by atoms with Gasteiger partial charge in [-0.05, 0) is 84.6 Å². The molecule has 1 aliphatic heterocycles. The van der Waals surface area contributed by atoms with E-state index in [0.717, 1.165) is 42.6 Å². The standard InChI is InChI=1S/C29H32FN5O2/c1-29-17-21-19-32-35(25-8-6-24(30)7-9-25)27(21)16-23(29)5-4-22(29)15-26(20-3-2-10-31-18-20)33-28(36)34-11-13-37-14-12-34/h2-3,6-10,16,18-19,22,26H,4-5,11-15,17H2,1H3,(H,33,36)/t22-,26?,29-/m1/s1. The number of morpholine rings is 1. The first-order valence-corrected chi connectivity index (χ1v) is 13.1. The van der Waals surface area contributed by atoms with Crippen molar-refractivity contribution in [2.75, 3.05) is 26.3 Å². The van der Waals surface area contributed by atoms with Crippen molar-refractivity contribution in [1.29, 1.82) is 0 Å². The van der Waals surface area contributed by atoms with Gasteiger partial charge in [-0.2, -0.15) is 5.10 Å². The van der Waals surface area contributed by atoms with Crippen molar-refractivity contribution in [3.63, 3.8) is 0 Å². The highest BCUT2D eigenvalue weighted by atomic mass is 19.1. The van der Waals surface area contributed by atoms with Gasteiger partial charge in [0.25, 0.3) is 0 Å². The molecule has 2 fully saturated rings. The summed E-state index contributed by atoms with van der Waals surface area (Å²) < 4.78 is 20.8. The van der Waals surface area contributed by atoms with E-state index in [1.165, 1.54) is 23.3 Å². The number of nitrogens with one attached hydrogen (secondary N) is 1. The summed E-state index contributed by atoms with van der Waals surface area (Å²) in [6, 6.07) is 10.3. The summed E-state index contributed by atoms with van der Waals surface area (Å²) in [6.07, 6.45) is 11.7. The van der Waals surface area contributed by atoms with Gasteiger partial charge in [0, 0.05) is 25.5 Å². The summed E-state index contributed by atoms with van der Waals surface area (Å²) in [5.74, 6) is 0.148. The van der Waals surface area contributed by atoms with E-state index in [1.807, 2.05) is 28.0 Å². The van der Waals surface area contributed by atoms with Crippen LogP contribution in [0.3, 0.4) is 0 Å². The summed E-state index contributed by atoms with van der Waals surface area (Å²) >= 11 is 0. The van der Waals surface area contributed by atoms with Crippen LogP contribution < -0.4 is 5.32 Å². The first kappa shape index (κ1) is 23.9. The molecule has 8 heteroatoms. The molecule has 1 N–H and O–H groups in total. The molecule has 0 radical (unpaired) electrons. The first-order chi connectivity index (χ1) is 18.0. The second-order valence-corrected chi connectivity index (χ2v) is 10.6. The van der Waals surface area contributed by atoms with E-state index in [4.69, 9.17) is 4.74 Å². The molecule has 1 saturated heterocycles. The zero-order valence-corrected chi connectivity index (χ0v) is 21.1. The molecule has 6 rings (SSSR count). The molecule has 3 heterocycles.